The van der Waals surface area contributed by atoms with E-state index in [-0.39, 0.29) is 5.82 Å². The van der Waals surface area contributed by atoms with E-state index >= 15 is 0 Å². The van der Waals surface area contributed by atoms with E-state index < -0.39 is 0 Å². The number of benzene rings is 1. The van der Waals surface area contributed by atoms with Gasteiger partial charge in [-0.05, 0) is 12.1 Å². The third-order valence-electron chi connectivity index (χ3n) is 2.81. The highest BCUT2D eigenvalue weighted by atomic mass is 35.5. The zero-order chi connectivity index (χ0) is 12.5. The fourth-order valence-corrected chi connectivity index (χ4v) is 2.10. The molecule has 90 valence electrons. The molecule has 2 aromatic heterocycles. The maximum atomic E-state index is 13.6. The van der Waals surface area contributed by atoms with Crippen molar-refractivity contribution < 1.29 is 4.39 Å². The first-order chi connectivity index (χ1) is 8.75. The van der Waals surface area contributed by atoms with Crippen LogP contribution in [0.3, 0.4) is 0 Å². The summed E-state index contributed by atoms with van der Waals surface area (Å²) in [6.45, 7) is 0.420. The van der Waals surface area contributed by atoms with Crippen LogP contribution in [0.5, 0.6) is 0 Å². The summed E-state index contributed by atoms with van der Waals surface area (Å²) in [7, 11) is 0. The summed E-state index contributed by atoms with van der Waals surface area (Å²) >= 11 is 5.97. The number of halogens is 2. The fraction of sp³-hybridized carbons (Fsp3) is 0.0769. The molecule has 3 rings (SSSR count). The van der Waals surface area contributed by atoms with E-state index in [1.54, 1.807) is 12.1 Å². The molecule has 0 amide bonds. The molecule has 3 nitrogen and oxygen atoms in total. The molecule has 1 aromatic carbocycles. The predicted molar refractivity (Wildman–Crippen MR) is 68.0 cm³/mol. The Morgan fingerprint density at radius 2 is 2.00 bits per heavy atom. The highest BCUT2D eigenvalue weighted by Crippen LogP contribution is 2.21. The number of rotatable bonds is 2. The van der Waals surface area contributed by atoms with Crippen LogP contribution in [0.1, 0.15) is 5.56 Å². The van der Waals surface area contributed by atoms with Crippen LogP contribution in [0, 0.1) is 5.82 Å². The highest BCUT2D eigenvalue weighted by molar-refractivity contribution is 6.33. The molecule has 2 heterocycles. The normalized spacial score (nSPS) is 11.0. The zero-order valence-electron chi connectivity index (χ0n) is 9.35. The first-order valence-corrected chi connectivity index (χ1v) is 5.82. The Labute approximate surface area is 108 Å². The minimum atomic E-state index is -0.223. The van der Waals surface area contributed by atoms with Crippen LogP contribution in [-0.2, 0) is 6.54 Å². The topological polar surface area (TPSA) is 30.7 Å². The Hall–Kier alpha value is -1.94. The first-order valence-electron chi connectivity index (χ1n) is 5.44. The van der Waals surface area contributed by atoms with Crippen molar-refractivity contribution in [3.05, 3.63) is 59.4 Å². The van der Waals surface area contributed by atoms with Crippen LogP contribution < -0.4 is 0 Å². The Bertz CT molecular complexity index is 708. The van der Waals surface area contributed by atoms with Crippen LogP contribution in [0.15, 0.2) is 42.9 Å². The summed E-state index contributed by atoms with van der Waals surface area (Å²) in [4.78, 5) is 8.08. The molecule has 0 aliphatic rings. The molecule has 18 heavy (non-hydrogen) atoms. The van der Waals surface area contributed by atoms with Crippen molar-refractivity contribution in [2.45, 2.75) is 6.54 Å². The fourth-order valence-electron chi connectivity index (χ4n) is 1.91. The van der Waals surface area contributed by atoms with E-state index in [2.05, 4.69) is 9.97 Å². The molecule has 0 atom stereocenters. The van der Waals surface area contributed by atoms with Gasteiger partial charge in [-0.2, -0.15) is 0 Å². The summed E-state index contributed by atoms with van der Waals surface area (Å²) in [5.41, 5.74) is 1.32. The van der Waals surface area contributed by atoms with Gasteiger partial charge in [-0.3, -0.25) is 0 Å². The summed E-state index contributed by atoms with van der Waals surface area (Å²) in [6.07, 6.45) is 3.24. The first kappa shape index (κ1) is 11.2. The Balaban J connectivity index is 2.06. The van der Waals surface area contributed by atoms with Crippen molar-refractivity contribution in [3.8, 4) is 0 Å². The average molecular weight is 262 g/mol. The van der Waals surface area contributed by atoms with E-state index in [9.17, 15) is 4.39 Å². The summed E-state index contributed by atoms with van der Waals surface area (Å²) in [5, 5.41) is 1.18. The molecule has 0 N–H and O–H groups in total. The highest BCUT2D eigenvalue weighted by Gasteiger charge is 2.08. The second-order valence-electron chi connectivity index (χ2n) is 3.94. The van der Waals surface area contributed by atoms with Crippen LogP contribution in [0.25, 0.3) is 11.0 Å². The van der Waals surface area contributed by atoms with Crippen molar-refractivity contribution in [2.75, 3.05) is 0 Å². The lowest BCUT2D eigenvalue weighted by molar-refractivity contribution is 0.601. The quantitative estimate of drug-likeness (QED) is 0.663. The number of hydrogen-bond donors (Lipinski definition) is 0. The minimum absolute atomic E-state index is 0.223. The molecular weight excluding hydrogens is 253 g/mol. The maximum absolute atomic E-state index is 13.6. The van der Waals surface area contributed by atoms with E-state index in [0.717, 1.165) is 5.39 Å². The Kier molecular flexibility index (Phi) is 2.72. The van der Waals surface area contributed by atoms with Gasteiger partial charge >= 0.3 is 0 Å². The molecule has 0 spiro atoms. The van der Waals surface area contributed by atoms with E-state index in [0.29, 0.717) is 22.9 Å². The van der Waals surface area contributed by atoms with Gasteiger partial charge in [0, 0.05) is 11.8 Å². The van der Waals surface area contributed by atoms with Crippen molar-refractivity contribution in [3.63, 3.8) is 0 Å². The molecular formula is C13H9ClFN3. The van der Waals surface area contributed by atoms with Gasteiger partial charge in [-0.15, -0.1) is 0 Å². The van der Waals surface area contributed by atoms with Crippen molar-refractivity contribution in [2.24, 2.45) is 0 Å². The van der Waals surface area contributed by atoms with Gasteiger partial charge in [-0.25, -0.2) is 14.4 Å². The van der Waals surface area contributed by atoms with E-state index in [4.69, 9.17) is 11.6 Å². The second kappa shape index (κ2) is 4.38. The molecule has 5 heteroatoms. The molecule has 0 bridgehead atoms. The van der Waals surface area contributed by atoms with Crippen LogP contribution in [0.2, 0.25) is 5.15 Å². The van der Waals surface area contributed by atoms with Gasteiger partial charge in [-0.1, -0.05) is 29.8 Å². The molecule has 0 fully saturated rings. The van der Waals surface area contributed by atoms with Crippen molar-refractivity contribution in [1.82, 2.24) is 14.5 Å². The zero-order valence-corrected chi connectivity index (χ0v) is 10.1. The van der Waals surface area contributed by atoms with Crippen molar-refractivity contribution in [1.29, 1.82) is 0 Å². The average Bonchev–Trinajstić information content (AvgIpc) is 2.77. The third kappa shape index (κ3) is 1.84. The third-order valence-corrected chi connectivity index (χ3v) is 3.11. The summed E-state index contributed by atoms with van der Waals surface area (Å²) in [6, 6.07) is 8.52. The van der Waals surface area contributed by atoms with Gasteiger partial charge in [0.25, 0.3) is 0 Å². The Morgan fingerprint density at radius 1 is 1.17 bits per heavy atom. The molecule has 0 unspecified atom stereocenters. The van der Waals surface area contributed by atoms with E-state index in [1.807, 2.05) is 22.9 Å². The van der Waals surface area contributed by atoms with E-state index in [1.165, 1.54) is 12.4 Å². The van der Waals surface area contributed by atoms with Crippen LogP contribution in [0.4, 0.5) is 4.39 Å². The van der Waals surface area contributed by atoms with Gasteiger partial charge < -0.3 is 4.57 Å². The van der Waals surface area contributed by atoms with Gasteiger partial charge in [0.1, 0.15) is 22.9 Å². The number of fused-ring (bicyclic) bond motifs is 1. The second-order valence-corrected chi connectivity index (χ2v) is 4.29. The predicted octanol–water partition coefficient (Wildman–Crippen LogP) is 3.27. The number of nitrogens with zero attached hydrogens (tertiary/aromatic N) is 3. The van der Waals surface area contributed by atoms with Crippen LogP contribution in [-0.4, -0.2) is 14.5 Å². The Morgan fingerprint density at radius 3 is 2.83 bits per heavy atom. The molecule has 0 aliphatic heterocycles. The summed E-state index contributed by atoms with van der Waals surface area (Å²) in [5.74, 6) is -0.223. The molecule has 0 saturated heterocycles. The lowest BCUT2D eigenvalue weighted by Gasteiger charge is -2.05. The van der Waals surface area contributed by atoms with Gasteiger partial charge in [0.15, 0.2) is 0 Å². The lowest BCUT2D eigenvalue weighted by atomic mass is 10.2. The molecule has 0 radical (unpaired) electrons. The SMILES string of the molecule is Fc1ccccc1Cn1ccc2c(Cl)ncnc21. The standard InChI is InChI=1S/C13H9ClFN3/c14-12-10-5-6-18(13(10)17-8-16-12)7-9-3-1-2-4-11(9)15/h1-6,8H,7H2. The largest absolute Gasteiger partial charge is 0.328 e. The smallest absolute Gasteiger partial charge is 0.145 e. The summed E-state index contributed by atoms with van der Waals surface area (Å²) < 4.78 is 15.4. The minimum Gasteiger partial charge on any atom is -0.328 e. The molecule has 0 aliphatic carbocycles. The number of hydrogen-bond acceptors (Lipinski definition) is 2. The van der Waals surface area contributed by atoms with Gasteiger partial charge in [0.2, 0.25) is 0 Å². The maximum Gasteiger partial charge on any atom is 0.145 e. The van der Waals surface area contributed by atoms with Gasteiger partial charge in [0.05, 0.1) is 11.9 Å². The number of aromatic nitrogens is 3. The monoisotopic (exact) mass is 261 g/mol. The molecule has 3 aromatic rings. The van der Waals surface area contributed by atoms with Crippen LogP contribution >= 0.6 is 11.6 Å². The molecule has 0 saturated carbocycles. The lowest BCUT2D eigenvalue weighted by Crippen LogP contribution is -2.01. The van der Waals surface area contributed by atoms with Crippen molar-refractivity contribution >= 4 is 22.6 Å².